The fourth-order valence-electron chi connectivity index (χ4n) is 1.77. The molecule has 0 saturated heterocycles. The lowest BCUT2D eigenvalue weighted by Crippen LogP contribution is -2.28. The number of nitrogens with one attached hydrogen (secondary N) is 1. The van der Waals surface area contributed by atoms with Crippen molar-refractivity contribution in [2.45, 2.75) is 25.8 Å². The second-order valence-electron chi connectivity index (χ2n) is 3.96. The number of hydrogen-bond acceptors (Lipinski definition) is 3. The van der Waals surface area contributed by atoms with Crippen LogP contribution in [-0.2, 0) is 17.2 Å². The van der Waals surface area contributed by atoms with Gasteiger partial charge in [-0.3, -0.25) is 9.78 Å². The van der Waals surface area contributed by atoms with Gasteiger partial charge in [-0.1, -0.05) is 6.92 Å². The van der Waals surface area contributed by atoms with E-state index in [-0.39, 0.29) is 18.3 Å². The van der Waals surface area contributed by atoms with Gasteiger partial charge in [0.2, 0.25) is 5.91 Å². The zero-order chi connectivity index (χ0) is 13.0. The van der Waals surface area contributed by atoms with Gasteiger partial charge < -0.3 is 9.88 Å². The molecule has 0 spiro atoms. The number of pyridine rings is 1. The summed E-state index contributed by atoms with van der Waals surface area (Å²) in [6.45, 7) is 2.94. The molecule has 6 heteroatoms. The summed E-state index contributed by atoms with van der Waals surface area (Å²) < 4.78 is 1.83. The van der Waals surface area contributed by atoms with Gasteiger partial charge >= 0.3 is 0 Å². The van der Waals surface area contributed by atoms with Crippen molar-refractivity contribution in [1.82, 2.24) is 19.9 Å². The Bertz CT molecular complexity index is 552. The quantitative estimate of drug-likeness (QED) is 0.838. The molecule has 18 heavy (non-hydrogen) atoms. The molecular formula is C12H15ClN4O. The Morgan fingerprint density at radius 3 is 3.11 bits per heavy atom. The molecule has 0 aliphatic heterocycles. The summed E-state index contributed by atoms with van der Waals surface area (Å²) in [4.78, 5) is 20.1. The molecule has 1 amide bonds. The van der Waals surface area contributed by atoms with Crippen molar-refractivity contribution in [3.8, 4) is 0 Å². The van der Waals surface area contributed by atoms with Crippen LogP contribution in [-0.4, -0.2) is 27.0 Å². The number of hydrogen-bond donors (Lipinski definition) is 1. The van der Waals surface area contributed by atoms with E-state index in [1.54, 1.807) is 12.4 Å². The summed E-state index contributed by atoms with van der Waals surface area (Å²) >= 11 is 5.86. The number of fused-ring (bicyclic) bond motifs is 1. The molecule has 2 rings (SSSR count). The van der Waals surface area contributed by atoms with Crippen LogP contribution in [0.15, 0.2) is 18.5 Å². The number of imidazole rings is 1. The van der Waals surface area contributed by atoms with Crippen LogP contribution in [0.5, 0.6) is 0 Å². The Labute approximate surface area is 110 Å². The van der Waals surface area contributed by atoms with E-state index in [9.17, 15) is 4.79 Å². The normalized spacial score (nSPS) is 10.8. The minimum atomic E-state index is -0.0284. The van der Waals surface area contributed by atoms with Gasteiger partial charge in [-0.2, -0.15) is 0 Å². The van der Waals surface area contributed by atoms with E-state index >= 15 is 0 Å². The third-order valence-corrected chi connectivity index (χ3v) is 2.86. The molecule has 0 atom stereocenters. The maximum Gasteiger partial charge on any atom is 0.240 e. The van der Waals surface area contributed by atoms with E-state index in [4.69, 9.17) is 11.6 Å². The van der Waals surface area contributed by atoms with Gasteiger partial charge in [0.05, 0.1) is 17.6 Å². The van der Waals surface area contributed by atoms with Crippen LogP contribution in [0.4, 0.5) is 0 Å². The van der Waals surface area contributed by atoms with Crippen LogP contribution in [0.3, 0.4) is 0 Å². The average molecular weight is 267 g/mol. The van der Waals surface area contributed by atoms with Crippen molar-refractivity contribution in [3.63, 3.8) is 0 Å². The second-order valence-corrected chi connectivity index (χ2v) is 4.23. The number of halogens is 1. The largest absolute Gasteiger partial charge is 0.355 e. The molecule has 2 aromatic heterocycles. The first-order chi connectivity index (χ1) is 8.76. The van der Waals surface area contributed by atoms with Crippen molar-refractivity contribution >= 4 is 28.5 Å². The minimum absolute atomic E-state index is 0.0284. The van der Waals surface area contributed by atoms with Gasteiger partial charge in [0.1, 0.15) is 17.9 Å². The number of alkyl halides is 1. The summed E-state index contributed by atoms with van der Waals surface area (Å²) in [7, 11) is 0. The number of amides is 1. The topological polar surface area (TPSA) is 59.8 Å². The van der Waals surface area contributed by atoms with Crippen LogP contribution in [0.25, 0.3) is 11.0 Å². The summed E-state index contributed by atoms with van der Waals surface area (Å²) in [6, 6.07) is 1.84. The van der Waals surface area contributed by atoms with Crippen molar-refractivity contribution in [2.75, 3.05) is 6.54 Å². The molecule has 0 saturated carbocycles. The Balaban J connectivity index is 2.28. The van der Waals surface area contributed by atoms with Gasteiger partial charge in [-0.25, -0.2) is 4.98 Å². The first-order valence-corrected chi connectivity index (χ1v) is 6.41. The SMILES string of the molecule is CCCNC(=O)Cn1c(CCl)nc2cnccc21. The van der Waals surface area contributed by atoms with E-state index < -0.39 is 0 Å². The standard InChI is InChI=1S/C12H15ClN4O/c1-2-4-15-12(18)8-17-10-3-5-14-7-9(10)16-11(17)6-13/h3,5,7H,2,4,6,8H2,1H3,(H,15,18). The van der Waals surface area contributed by atoms with Crippen molar-refractivity contribution in [3.05, 3.63) is 24.3 Å². The Hall–Kier alpha value is -1.62. The zero-order valence-electron chi connectivity index (χ0n) is 10.2. The molecule has 96 valence electrons. The van der Waals surface area contributed by atoms with E-state index in [2.05, 4.69) is 15.3 Å². The number of nitrogens with zero attached hydrogens (tertiary/aromatic N) is 3. The molecular weight excluding hydrogens is 252 g/mol. The molecule has 0 aliphatic carbocycles. The summed E-state index contributed by atoms with van der Waals surface area (Å²) in [5, 5.41) is 2.84. The molecule has 0 radical (unpaired) electrons. The Kier molecular flexibility index (Phi) is 4.15. The summed E-state index contributed by atoms with van der Waals surface area (Å²) in [5.74, 6) is 0.932. The van der Waals surface area contributed by atoms with Crippen LogP contribution in [0.2, 0.25) is 0 Å². The highest BCUT2D eigenvalue weighted by Gasteiger charge is 2.12. The third-order valence-electron chi connectivity index (χ3n) is 2.62. The summed E-state index contributed by atoms with van der Waals surface area (Å²) in [6.07, 6.45) is 4.27. The molecule has 2 heterocycles. The minimum Gasteiger partial charge on any atom is -0.355 e. The van der Waals surface area contributed by atoms with Gasteiger partial charge in [0.25, 0.3) is 0 Å². The van der Waals surface area contributed by atoms with Crippen LogP contribution >= 0.6 is 11.6 Å². The lowest BCUT2D eigenvalue weighted by Gasteiger charge is -2.07. The van der Waals surface area contributed by atoms with Crippen LogP contribution < -0.4 is 5.32 Å². The molecule has 5 nitrogen and oxygen atoms in total. The van der Waals surface area contributed by atoms with E-state index in [0.29, 0.717) is 12.4 Å². The molecule has 0 bridgehead atoms. The zero-order valence-corrected chi connectivity index (χ0v) is 10.9. The van der Waals surface area contributed by atoms with E-state index in [1.165, 1.54) is 0 Å². The number of carbonyl (C=O) groups excluding carboxylic acids is 1. The second kappa shape index (κ2) is 5.82. The monoisotopic (exact) mass is 266 g/mol. The summed E-state index contributed by atoms with van der Waals surface area (Å²) in [5.41, 5.74) is 1.64. The Morgan fingerprint density at radius 2 is 2.39 bits per heavy atom. The van der Waals surface area contributed by atoms with E-state index in [1.807, 2.05) is 17.6 Å². The Morgan fingerprint density at radius 1 is 1.56 bits per heavy atom. The van der Waals surface area contributed by atoms with Crippen molar-refractivity contribution < 1.29 is 4.79 Å². The first kappa shape index (κ1) is 12.8. The molecule has 1 N–H and O–H groups in total. The predicted molar refractivity (Wildman–Crippen MR) is 70.4 cm³/mol. The lowest BCUT2D eigenvalue weighted by molar-refractivity contribution is -0.121. The molecule has 0 fully saturated rings. The average Bonchev–Trinajstić information content (AvgIpc) is 2.75. The third kappa shape index (κ3) is 2.61. The highest BCUT2D eigenvalue weighted by Crippen LogP contribution is 2.16. The lowest BCUT2D eigenvalue weighted by atomic mass is 10.4. The smallest absolute Gasteiger partial charge is 0.240 e. The molecule has 0 unspecified atom stereocenters. The van der Waals surface area contributed by atoms with Gasteiger partial charge in [0, 0.05) is 12.7 Å². The number of carbonyl (C=O) groups is 1. The fourth-order valence-corrected chi connectivity index (χ4v) is 1.98. The highest BCUT2D eigenvalue weighted by atomic mass is 35.5. The van der Waals surface area contributed by atoms with E-state index in [0.717, 1.165) is 17.5 Å². The predicted octanol–water partition coefficient (Wildman–Crippen LogP) is 1.70. The molecule has 2 aromatic rings. The highest BCUT2D eigenvalue weighted by molar-refractivity contribution is 6.16. The van der Waals surface area contributed by atoms with Crippen LogP contribution in [0, 0.1) is 0 Å². The van der Waals surface area contributed by atoms with Gasteiger partial charge in [-0.15, -0.1) is 11.6 Å². The number of aromatic nitrogens is 3. The number of rotatable bonds is 5. The molecule has 0 aliphatic rings. The van der Waals surface area contributed by atoms with Crippen molar-refractivity contribution in [1.29, 1.82) is 0 Å². The maximum absolute atomic E-state index is 11.8. The maximum atomic E-state index is 11.8. The van der Waals surface area contributed by atoms with Gasteiger partial charge in [0.15, 0.2) is 0 Å². The first-order valence-electron chi connectivity index (χ1n) is 5.88. The van der Waals surface area contributed by atoms with Gasteiger partial charge in [-0.05, 0) is 12.5 Å². The fraction of sp³-hybridized carbons (Fsp3) is 0.417. The van der Waals surface area contributed by atoms with Crippen LogP contribution in [0.1, 0.15) is 19.2 Å². The molecule has 0 aromatic carbocycles. The van der Waals surface area contributed by atoms with Crippen molar-refractivity contribution in [2.24, 2.45) is 0 Å².